The van der Waals surface area contributed by atoms with E-state index < -0.39 is 5.97 Å². The van der Waals surface area contributed by atoms with Crippen molar-refractivity contribution in [1.29, 1.82) is 0 Å². The van der Waals surface area contributed by atoms with Gasteiger partial charge in [0, 0.05) is 12.5 Å². The molecule has 5 heteroatoms. The Kier molecular flexibility index (Phi) is 4.73. The van der Waals surface area contributed by atoms with E-state index in [1.54, 1.807) is 0 Å². The molecular weight excluding hydrogens is 208 g/mol. The lowest BCUT2D eigenvalue weighted by Gasteiger charge is -2.31. The summed E-state index contributed by atoms with van der Waals surface area (Å²) < 4.78 is 0. The van der Waals surface area contributed by atoms with Gasteiger partial charge in [-0.05, 0) is 39.9 Å². The molecule has 0 aliphatic carbocycles. The van der Waals surface area contributed by atoms with Gasteiger partial charge in [0.15, 0.2) is 0 Å². The third-order valence-corrected chi connectivity index (χ3v) is 3.09. The van der Waals surface area contributed by atoms with Crippen LogP contribution in [0.3, 0.4) is 0 Å². The molecule has 0 aromatic rings. The van der Waals surface area contributed by atoms with Crippen LogP contribution in [0.4, 0.5) is 0 Å². The molecule has 0 unspecified atom stereocenters. The van der Waals surface area contributed by atoms with Gasteiger partial charge < -0.3 is 14.9 Å². The van der Waals surface area contributed by atoms with Gasteiger partial charge in [-0.25, -0.2) is 0 Å². The first-order valence-electron chi connectivity index (χ1n) is 5.73. The normalized spacial score (nSPS) is 18.4. The number of piperidine rings is 1. The van der Waals surface area contributed by atoms with Gasteiger partial charge in [-0.3, -0.25) is 9.59 Å². The van der Waals surface area contributed by atoms with Crippen molar-refractivity contribution in [2.45, 2.75) is 19.8 Å². The van der Waals surface area contributed by atoms with Crippen molar-refractivity contribution in [2.75, 3.05) is 33.2 Å². The van der Waals surface area contributed by atoms with E-state index in [-0.39, 0.29) is 18.4 Å². The summed E-state index contributed by atoms with van der Waals surface area (Å²) in [6, 6.07) is 0. The van der Waals surface area contributed by atoms with Crippen LogP contribution in [0.2, 0.25) is 0 Å². The molecule has 92 valence electrons. The summed E-state index contributed by atoms with van der Waals surface area (Å²) in [5, 5.41) is 8.70. The topological polar surface area (TPSA) is 60.9 Å². The predicted octanol–water partition coefficient (Wildman–Crippen LogP) is 0.261. The molecule has 16 heavy (non-hydrogen) atoms. The Labute approximate surface area is 96.0 Å². The summed E-state index contributed by atoms with van der Waals surface area (Å²) in [5.41, 5.74) is 0. The third-order valence-electron chi connectivity index (χ3n) is 3.09. The number of amides is 1. The van der Waals surface area contributed by atoms with E-state index in [0.717, 1.165) is 25.9 Å². The molecule has 5 nitrogen and oxygen atoms in total. The summed E-state index contributed by atoms with van der Waals surface area (Å²) in [5.74, 6) is -0.934. The number of likely N-dealkylation sites (N-methyl/N-ethyl adjacent to an activating group) is 1. The van der Waals surface area contributed by atoms with E-state index in [1.165, 1.54) is 4.90 Å². The van der Waals surface area contributed by atoms with Crippen LogP contribution in [-0.4, -0.2) is 60.0 Å². The highest BCUT2D eigenvalue weighted by Gasteiger charge is 2.27. The Hall–Kier alpha value is -1.10. The first kappa shape index (κ1) is 13.0. The molecular formula is C11H20N2O3. The number of likely N-dealkylation sites (tertiary alicyclic amines) is 1. The molecule has 0 atom stereocenters. The number of aliphatic carboxylic acids is 1. The lowest BCUT2D eigenvalue weighted by atomic mass is 9.95. The molecule has 0 spiro atoms. The van der Waals surface area contributed by atoms with E-state index in [9.17, 15) is 9.59 Å². The Morgan fingerprint density at radius 2 is 1.94 bits per heavy atom. The zero-order valence-corrected chi connectivity index (χ0v) is 9.98. The monoisotopic (exact) mass is 228 g/mol. The molecule has 1 N–H and O–H groups in total. The Balaban J connectivity index is 2.51. The molecule has 0 aromatic heterocycles. The van der Waals surface area contributed by atoms with Crippen LogP contribution in [-0.2, 0) is 9.59 Å². The lowest BCUT2D eigenvalue weighted by Crippen LogP contribution is -2.43. The van der Waals surface area contributed by atoms with Crippen LogP contribution < -0.4 is 0 Å². The molecule has 1 rings (SSSR count). The number of nitrogens with zero attached hydrogens (tertiary/aromatic N) is 2. The van der Waals surface area contributed by atoms with Crippen molar-refractivity contribution in [1.82, 2.24) is 9.80 Å². The van der Waals surface area contributed by atoms with Gasteiger partial charge in [-0.2, -0.15) is 0 Å². The van der Waals surface area contributed by atoms with E-state index in [1.807, 2.05) is 14.0 Å². The minimum atomic E-state index is -0.942. The second-order valence-corrected chi connectivity index (χ2v) is 4.32. The van der Waals surface area contributed by atoms with Gasteiger partial charge in [0.2, 0.25) is 5.91 Å². The van der Waals surface area contributed by atoms with Gasteiger partial charge in [-0.1, -0.05) is 0 Å². The Morgan fingerprint density at radius 1 is 1.38 bits per heavy atom. The van der Waals surface area contributed by atoms with Crippen molar-refractivity contribution in [3.05, 3.63) is 0 Å². The van der Waals surface area contributed by atoms with Crippen LogP contribution in [0.5, 0.6) is 0 Å². The highest BCUT2D eigenvalue weighted by atomic mass is 16.4. The average molecular weight is 228 g/mol. The second-order valence-electron chi connectivity index (χ2n) is 4.32. The van der Waals surface area contributed by atoms with Crippen LogP contribution >= 0.6 is 0 Å². The predicted molar refractivity (Wildman–Crippen MR) is 60.1 cm³/mol. The molecule has 1 amide bonds. The van der Waals surface area contributed by atoms with Crippen molar-refractivity contribution < 1.29 is 14.7 Å². The summed E-state index contributed by atoms with van der Waals surface area (Å²) in [4.78, 5) is 26.2. The molecule has 1 fully saturated rings. The molecule has 1 aliphatic heterocycles. The fourth-order valence-electron chi connectivity index (χ4n) is 2.02. The minimum Gasteiger partial charge on any atom is -0.480 e. The highest BCUT2D eigenvalue weighted by Crippen LogP contribution is 2.18. The number of hydrogen-bond donors (Lipinski definition) is 1. The van der Waals surface area contributed by atoms with Crippen LogP contribution in [0.1, 0.15) is 19.8 Å². The summed E-state index contributed by atoms with van der Waals surface area (Å²) in [7, 11) is 2.04. The summed E-state index contributed by atoms with van der Waals surface area (Å²) >= 11 is 0. The van der Waals surface area contributed by atoms with Crippen LogP contribution in [0.15, 0.2) is 0 Å². The number of carboxylic acids is 1. The number of carbonyl (C=O) groups is 2. The average Bonchev–Trinajstić information content (AvgIpc) is 2.25. The van der Waals surface area contributed by atoms with Gasteiger partial charge in [-0.15, -0.1) is 0 Å². The first-order chi connectivity index (χ1) is 7.54. The zero-order valence-electron chi connectivity index (χ0n) is 9.98. The van der Waals surface area contributed by atoms with Crippen LogP contribution in [0, 0.1) is 5.92 Å². The second kappa shape index (κ2) is 5.84. The molecule has 0 aromatic carbocycles. The maximum Gasteiger partial charge on any atom is 0.323 e. The number of rotatable bonds is 4. The van der Waals surface area contributed by atoms with Crippen molar-refractivity contribution in [3.63, 3.8) is 0 Å². The largest absolute Gasteiger partial charge is 0.480 e. The van der Waals surface area contributed by atoms with E-state index in [4.69, 9.17) is 5.11 Å². The summed E-state index contributed by atoms with van der Waals surface area (Å²) in [6.45, 7) is 3.94. The van der Waals surface area contributed by atoms with E-state index in [2.05, 4.69) is 4.90 Å². The fraction of sp³-hybridized carbons (Fsp3) is 0.818. The van der Waals surface area contributed by atoms with Crippen LogP contribution in [0.25, 0.3) is 0 Å². The maximum atomic E-state index is 12.0. The van der Waals surface area contributed by atoms with Crippen molar-refractivity contribution in [2.24, 2.45) is 5.92 Å². The molecule has 1 saturated heterocycles. The summed E-state index contributed by atoms with van der Waals surface area (Å²) in [6.07, 6.45) is 1.68. The minimum absolute atomic E-state index is 0.00185. The fourth-order valence-corrected chi connectivity index (χ4v) is 2.02. The Morgan fingerprint density at radius 3 is 2.38 bits per heavy atom. The molecule has 0 bridgehead atoms. The third kappa shape index (κ3) is 3.48. The molecule has 0 radical (unpaired) electrons. The van der Waals surface area contributed by atoms with Crippen molar-refractivity contribution in [3.8, 4) is 0 Å². The molecule has 1 aliphatic rings. The van der Waals surface area contributed by atoms with Gasteiger partial charge in [0.25, 0.3) is 0 Å². The van der Waals surface area contributed by atoms with Gasteiger partial charge >= 0.3 is 5.97 Å². The molecule has 0 saturated carbocycles. The highest BCUT2D eigenvalue weighted by molar-refractivity contribution is 5.83. The number of carboxylic acid groups (broad SMARTS) is 1. The quantitative estimate of drug-likeness (QED) is 0.750. The Bertz CT molecular complexity index is 260. The van der Waals surface area contributed by atoms with Gasteiger partial charge in [0.1, 0.15) is 6.54 Å². The smallest absolute Gasteiger partial charge is 0.323 e. The standard InChI is InChI=1S/C11H20N2O3/c1-3-13(8-10(14)15)11(16)9-4-6-12(2)7-5-9/h9H,3-8H2,1-2H3,(H,14,15). The molecule has 1 heterocycles. The van der Waals surface area contributed by atoms with E-state index in [0.29, 0.717) is 6.54 Å². The SMILES string of the molecule is CCN(CC(=O)O)C(=O)C1CCN(C)CC1. The number of carbonyl (C=O) groups excluding carboxylic acids is 1. The lowest BCUT2D eigenvalue weighted by molar-refractivity contribution is -0.146. The zero-order chi connectivity index (χ0) is 12.1. The van der Waals surface area contributed by atoms with E-state index >= 15 is 0 Å². The van der Waals surface area contributed by atoms with Crippen molar-refractivity contribution >= 4 is 11.9 Å². The van der Waals surface area contributed by atoms with Gasteiger partial charge in [0.05, 0.1) is 0 Å². The number of hydrogen-bond acceptors (Lipinski definition) is 3. The first-order valence-corrected chi connectivity index (χ1v) is 5.73. The maximum absolute atomic E-state index is 12.0.